The molecule has 3 aromatic rings. The van der Waals surface area contributed by atoms with E-state index in [0.29, 0.717) is 6.42 Å². The Morgan fingerprint density at radius 3 is 1.49 bits per heavy atom. The van der Waals surface area contributed by atoms with Crippen LogP contribution in [0.4, 0.5) is 0 Å². The lowest BCUT2D eigenvalue weighted by molar-refractivity contribution is -0.135. The summed E-state index contributed by atoms with van der Waals surface area (Å²) in [5.74, 6) is -2.91. The lowest BCUT2D eigenvalue weighted by Crippen LogP contribution is -2.59. The van der Waals surface area contributed by atoms with Crippen molar-refractivity contribution in [2.45, 2.75) is 102 Å². The monoisotopic (exact) mass is 723 g/mol. The van der Waals surface area contributed by atoms with Crippen molar-refractivity contribution in [2.24, 2.45) is 11.8 Å². The van der Waals surface area contributed by atoms with Gasteiger partial charge in [0.15, 0.2) is 0 Å². The lowest BCUT2D eigenvalue weighted by Gasteiger charge is -2.30. The first kappa shape index (κ1) is 39.2. The van der Waals surface area contributed by atoms with Crippen molar-refractivity contribution in [3.8, 4) is 0 Å². The number of ether oxygens (including phenoxy) is 1. The summed E-state index contributed by atoms with van der Waals surface area (Å²) in [6.07, 6.45) is 5.76. The summed E-state index contributed by atoms with van der Waals surface area (Å²) in [5, 5.41) is 14.5. The molecular weight excluding hydrogens is 670 g/mol. The van der Waals surface area contributed by atoms with Crippen LogP contribution in [0.5, 0.6) is 0 Å². The van der Waals surface area contributed by atoms with Crippen LogP contribution in [0.2, 0.25) is 0 Å². The first-order valence-corrected chi connectivity index (χ1v) is 18.9. The molecule has 5 rings (SSSR count). The number of carbonyl (C=O) groups excluding carboxylic acids is 5. The third-order valence-electron chi connectivity index (χ3n) is 10.0. The predicted octanol–water partition coefficient (Wildman–Crippen LogP) is 3.75. The Morgan fingerprint density at radius 2 is 0.962 bits per heavy atom. The number of amides is 5. The van der Waals surface area contributed by atoms with Gasteiger partial charge in [-0.2, -0.15) is 0 Å². The molecule has 2 aliphatic rings. The van der Waals surface area contributed by atoms with Gasteiger partial charge in [-0.3, -0.25) is 24.0 Å². The molecule has 1 aliphatic heterocycles. The Morgan fingerprint density at radius 1 is 0.528 bits per heavy atom. The SMILES string of the molecule is CC(C)[C@H]1NC(=O)[C@@H](Cc2ccccc2)NC(=O)[C@H](Cc2ccccc2)NC(=O)[C@H](COCc2ccccc2)NC(=O)[C@H](CC2CCCCC2)NC1=O. The fourth-order valence-electron chi connectivity index (χ4n) is 7.02. The normalized spacial score (nSPS) is 23.8. The van der Waals surface area contributed by atoms with Gasteiger partial charge in [0, 0.05) is 12.8 Å². The zero-order valence-corrected chi connectivity index (χ0v) is 30.7. The molecule has 282 valence electrons. The highest BCUT2D eigenvalue weighted by Gasteiger charge is 2.36. The molecule has 5 atom stereocenters. The number of hydrogen-bond donors (Lipinski definition) is 5. The topological polar surface area (TPSA) is 155 Å². The van der Waals surface area contributed by atoms with E-state index in [0.717, 1.165) is 48.8 Å². The average molecular weight is 724 g/mol. The molecule has 5 amide bonds. The molecule has 1 aliphatic carbocycles. The molecule has 0 aromatic heterocycles. The third kappa shape index (κ3) is 12.0. The second kappa shape index (κ2) is 19.7. The second-order valence-electron chi connectivity index (χ2n) is 14.6. The van der Waals surface area contributed by atoms with Gasteiger partial charge < -0.3 is 31.3 Å². The Hall–Kier alpha value is -5.03. The van der Waals surface area contributed by atoms with Gasteiger partial charge in [0.1, 0.15) is 30.2 Å². The summed E-state index contributed by atoms with van der Waals surface area (Å²) in [4.78, 5) is 70.6. The van der Waals surface area contributed by atoms with E-state index in [2.05, 4.69) is 26.6 Å². The smallest absolute Gasteiger partial charge is 0.245 e. The minimum Gasteiger partial charge on any atom is -0.374 e. The zero-order chi connectivity index (χ0) is 37.6. The predicted molar refractivity (Wildman–Crippen MR) is 202 cm³/mol. The van der Waals surface area contributed by atoms with Crippen LogP contribution in [-0.2, 0) is 48.2 Å². The van der Waals surface area contributed by atoms with E-state index in [1.807, 2.05) is 105 Å². The van der Waals surface area contributed by atoms with Crippen molar-refractivity contribution in [1.82, 2.24) is 26.6 Å². The molecule has 5 N–H and O–H groups in total. The highest BCUT2D eigenvalue weighted by Crippen LogP contribution is 2.27. The number of hydrogen-bond acceptors (Lipinski definition) is 6. The molecule has 0 radical (unpaired) electrons. The quantitative estimate of drug-likeness (QED) is 0.203. The highest BCUT2D eigenvalue weighted by molar-refractivity contribution is 5.98. The van der Waals surface area contributed by atoms with Crippen molar-refractivity contribution in [2.75, 3.05) is 6.61 Å². The molecule has 53 heavy (non-hydrogen) atoms. The van der Waals surface area contributed by atoms with Crippen LogP contribution in [0.3, 0.4) is 0 Å². The molecule has 1 saturated carbocycles. The van der Waals surface area contributed by atoms with Crippen molar-refractivity contribution in [3.05, 3.63) is 108 Å². The molecule has 3 aromatic carbocycles. The molecule has 0 bridgehead atoms. The zero-order valence-electron chi connectivity index (χ0n) is 30.7. The van der Waals surface area contributed by atoms with Gasteiger partial charge in [-0.15, -0.1) is 0 Å². The molecule has 0 spiro atoms. The summed E-state index contributed by atoms with van der Waals surface area (Å²) in [5.41, 5.74) is 2.48. The highest BCUT2D eigenvalue weighted by atomic mass is 16.5. The van der Waals surface area contributed by atoms with Crippen LogP contribution in [-0.4, -0.2) is 66.4 Å². The maximum Gasteiger partial charge on any atom is 0.245 e. The van der Waals surface area contributed by atoms with Crippen LogP contribution in [0.25, 0.3) is 0 Å². The molecule has 1 saturated heterocycles. The van der Waals surface area contributed by atoms with Gasteiger partial charge >= 0.3 is 0 Å². The van der Waals surface area contributed by atoms with Gasteiger partial charge in [-0.05, 0) is 34.9 Å². The fraction of sp³-hybridized carbons (Fsp3) is 0.452. The standard InChI is InChI=1S/C42H53N5O6/c1-28(2)37-42(52)45-34(24-30-17-9-4-10-18-30)39(49)46-36(27-53-26-32-21-13-6-14-22-32)41(51)44-33(23-29-15-7-3-8-16-29)38(48)43-35(40(50)47-37)25-31-19-11-5-12-20-31/h3,5-8,11-16,19-22,28,30,33-37H,4,9-10,17-18,23-27H2,1-2H3,(H,43,48)(H,44,51)(H,45,52)(H,46,49)(H,47,50)/t33-,34-,35+,36-,37+/m0/s1. The molecular formula is C42H53N5O6. The van der Waals surface area contributed by atoms with Crippen LogP contribution in [0, 0.1) is 11.8 Å². The maximum absolute atomic E-state index is 14.2. The van der Waals surface area contributed by atoms with E-state index in [4.69, 9.17) is 4.74 Å². The summed E-state index contributed by atoms with van der Waals surface area (Å²) >= 11 is 0. The van der Waals surface area contributed by atoms with Crippen molar-refractivity contribution in [1.29, 1.82) is 0 Å². The van der Waals surface area contributed by atoms with E-state index in [1.54, 1.807) is 0 Å². The van der Waals surface area contributed by atoms with E-state index in [-0.39, 0.29) is 37.9 Å². The minimum absolute atomic E-state index is 0.128. The third-order valence-corrected chi connectivity index (χ3v) is 10.0. The molecule has 2 fully saturated rings. The lowest BCUT2D eigenvalue weighted by atomic mass is 9.84. The molecule has 0 unspecified atom stereocenters. The van der Waals surface area contributed by atoms with Crippen LogP contribution in [0.1, 0.15) is 69.1 Å². The summed E-state index contributed by atoms with van der Waals surface area (Å²) in [6, 6.07) is 22.7. The molecule has 1 heterocycles. The number of rotatable bonds is 11. The van der Waals surface area contributed by atoms with Crippen LogP contribution >= 0.6 is 0 Å². The fourth-order valence-corrected chi connectivity index (χ4v) is 7.02. The van der Waals surface area contributed by atoms with Crippen molar-refractivity contribution < 1.29 is 28.7 Å². The first-order chi connectivity index (χ1) is 25.7. The first-order valence-electron chi connectivity index (χ1n) is 18.9. The largest absolute Gasteiger partial charge is 0.374 e. The van der Waals surface area contributed by atoms with Crippen LogP contribution < -0.4 is 26.6 Å². The average Bonchev–Trinajstić information content (AvgIpc) is 3.16. The Bertz CT molecular complexity index is 1650. The Kier molecular flexibility index (Phi) is 14.6. The van der Waals surface area contributed by atoms with E-state index in [1.165, 1.54) is 0 Å². The molecule has 11 heteroatoms. The van der Waals surface area contributed by atoms with Crippen molar-refractivity contribution in [3.63, 3.8) is 0 Å². The van der Waals surface area contributed by atoms with E-state index >= 15 is 0 Å². The Labute approximate surface area is 312 Å². The van der Waals surface area contributed by atoms with E-state index < -0.39 is 59.7 Å². The van der Waals surface area contributed by atoms with Gasteiger partial charge in [-0.1, -0.05) is 137 Å². The summed E-state index contributed by atoms with van der Waals surface area (Å²) in [6.45, 7) is 3.65. The van der Waals surface area contributed by atoms with Crippen LogP contribution in [0.15, 0.2) is 91.0 Å². The van der Waals surface area contributed by atoms with E-state index in [9.17, 15) is 24.0 Å². The maximum atomic E-state index is 14.2. The molecule has 11 nitrogen and oxygen atoms in total. The second-order valence-corrected chi connectivity index (χ2v) is 14.6. The van der Waals surface area contributed by atoms with Gasteiger partial charge in [0.2, 0.25) is 29.5 Å². The number of nitrogens with one attached hydrogen (secondary N) is 5. The Balaban J connectivity index is 1.50. The summed E-state index contributed by atoms with van der Waals surface area (Å²) in [7, 11) is 0. The number of carbonyl (C=O) groups is 5. The summed E-state index contributed by atoms with van der Waals surface area (Å²) < 4.78 is 5.98. The van der Waals surface area contributed by atoms with Gasteiger partial charge in [-0.25, -0.2) is 0 Å². The van der Waals surface area contributed by atoms with Gasteiger partial charge in [0.05, 0.1) is 13.2 Å². The minimum atomic E-state index is -1.19. The number of benzene rings is 3. The van der Waals surface area contributed by atoms with Gasteiger partial charge in [0.25, 0.3) is 0 Å². The van der Waals surface area contributed by atoms with Crippen molar-refractivity contribution >= 4 is 29.5 Å².